The standard InChI is InChI=1S/C18H17BrF2O4/c1-10-7-12(17(20)21)16(8-11(10)2)24-9-13-14(19)5-4-6-15(13)25-18(22)23-3/h4-8,17H,9H2,1-3H3. The van der Waals surface area contributed by atoms with Gasteiger partial charge in [-0.05, 0) is 49.2 Å². The topological polar surface area (TPSA) is 44.8 Å². The van der Waals surface area contributed by atoms with Gasteiger partial charge in [0, 0.05) is 10.0 Å². The number of carbonyl (C=O) groups is 1. The van der Waals surface area contributed by atoms with E-state index in [9.17, 15) is 13.6 Å². The minimum atomic E-state index is -2.65. The lowest BCUT2D eigenvalue weighted by atomic mass is 10.1. The normalized spacial score (nSPS) is 10.7. The molecule has 0 unspecified atom stereocenters. The summed E-state index contributed by atoms with van der Waals surface area (Å²) in [7, 11) is 1.19. The van der Waals surface area contributed by atoms with Gasteiger partial charge in [0.1, 0.15) is 18.1 Å². The fourth-order valence-electron chi connectivity index (χ4n) is 2.16. The van der Waals surface area contributed by atoms with Crippen LogP contribution in [-0.2, 0) is 11.3 Å². The number of hydrogen-bond donors (Lipinski definition) is 0. The first-order chi connectivity index (χ1) is 11.8. The lowest BCUT2D eigenvalue weighted by molar-refractivity contribution is 0.120. The van der Waals surface area contributed by atoms with Gasteiger partial charge in [0.2, 0.25) is 0 Å². The maximum atomic E-state index is 13.3. The molecule has 0 fully saturated rings. The fourth-order valence-corrected chi connectivity index (χ4v) is 2.63. The lowest BCUT2D eigenvalue weighted by Crippen LogP contribution is -2.10. The summed E-state index contributed by atoms with van der Waals surface area (Å²) in [6.45, 7) is 3.53. The van der Waals surface area contributed by atoms with Crippen molar-refractivity contribution in [1.29, 1.82) is 0 Å². The number of alkyl halides is 2. The quantitative estimate of drug-likeness (QED) is 0.462. The Hall–Kier alpha value is -2.15. The molecule has 0 heterocycles. The van der Waals surface area contributed by atoms with Crippen molar-refractivity contribution in [2.24, 2.45) is 0 Å². The molecule has 0 saturated carbocycles. The maximum Gasteiger partial charge on any atom is 0.513 e. The fraction of sp³-hybridized carbons (Fsp3) is 0.278. The Kier molecular flexibility index (Phi) is 6.36. The van der Waals surface area contributed by atoms with E-state index in [2.05, 4.69) is 20.7 Å². The zero-order chi connectivity index (χ0) is 18.6. The third-order valence-corrected chi connectivity index (χ3v) is 4.41. The molecule has 0 atom stereocenters. The second-order valence-corrected chi connectivity index (χ2v) is 6.19. The minimum absolute atomic E-state index is 0.0596. The smallest absolute Gasteiger partial charge is 0.488 e. The Morgan fingerprint density at radius 1 is 1.16 bits per heavy atom. The summed E-state index contributed by atoms with van der Waals surface area (Å²) in [6, 6.07) is 7.97. The molecule has 0 aromatic heterocycles. The Bertz CT molecular complexity index is 778. The SMILES string of the molecule is COC(=O)Oc1cccc(Br)c1COc1cc(C)c(C)cc1C(F)F. The first kappa shape index (κ1) is 19.2. The molecule has 0 aliphatic carbocycles. The van der Waals surface area contributed by atoms with E-state index in [1.807, 2.05) is 6.92 Å². The van der Waals surface area contributed by atoms with Crippen LogP contribution >= 0.6 is 15.9 Å². The average Bonchev–Trinajstić information content (AvgIpc) is 2.56. The molecule has 2 rings (SSSR count). The second kappa shape index (κ2) is 8.29. The number of hydrogen-bond acceptors (Lipinski definition) is 4. The Morgan fingerprint density at radius 3 is 2.48 bits per heavy atom. The van der Waals surface area contributed by atoms with Gasteiger partial charge >= 0.3 is 6.16 Å². The molecule has 0 spiro atoms. The van der Waals surface area contributed by atoms with Gasteiger partial charge in [0.15, 0.2) is 0 Å². The van der Waals surface area contributed by atoms with E-state index in [0.29, 0.717) is 10.0 Å². The first-order valence-corrected chi connectivity index (χ1v) is 8.18. The molecule has 0 bridgehead atoms. The van der Waals surface area contributed by atoms with Crippen LogP contribution < -0.4 is 9.47 Å². The third-order valence-electron chi connectivity index (χ3n) is 3.67. The van der Waals surface area contributed by atoms with E-state index in [1.54, 1.807) is 31.2 Å². The molecular formula is C18H17BrF2O4. The maximum absolute atomic E-state index is 13.3. The van der Waals surface area contributed by atoms with Crippen molar-refractivity contribution in [2.75, 3.05) is 7.11 Å². The number of rotatable bonds is 5. The Labute approximate surface area is 152 Å². The highest BCUT2D eigenvalue weighted by Gasteiger charge is 2.18. The van der Waals surface area contributed by atoms with Crippen molar-refractivity contribution >= 4 is 22.1 Å². The van der Waals surface area contributed by atoms with Crippen molar-refractivity contribution in [2.45, 2.75) is 26.9 Å². The first-order valence-electron chi connectivity index (χ1n) is 7.38. The van der Waals surface area contributed by atoms with Crippen LogP contribution in [0.25, 0.3) is 0 Å². The van der Waals surface area contributed by atoms with Crippen LogP contribution in [0.15, 0.2) is 34.8 Å². The van der Waals surface area contributed by atoms with Crippen LogP contribution in [-0.4, -0.2) is 13.3 Å². The van der Waals surface area contributed by atoms with E-state index in [1.165, 1.54) is 13.2 Å². The number of halogens is 3. The summed E-state index contributed by atoms with van der Waals surface area (Å²) in [6.07, 6.45) is -3.53. The largest absolute Gasteiger partial charge is 0.513 e. The van der Waals surface area contributed by atoms with Gasteiger partial charge in [0.25, 0.3) is 6.43 Å². The summed E-state index contributed by atoms with van der Waals surface area (Å²) in [5.74, 6) is 0.321. The predicted molar refractivity (Wildman–Crippen MR) is 92.4 cm³/mol. The van der Waals surface area contributed by atoms with E-state index >= 15 is 0 Å². The zero-order valence-corrected chi connectivity index (χ0v) is 15.5. The van der Waals surface area contributed by atoms with Gasteiger partial charge < -0.3 is 14.2 Å². The van der Waals surface area contributed by atoms with Gasteiger partial charge in [-0.3, -0.25) is 0 Å². The van der Waals surface area contributed by atoms with Crippen LogP contribution in [0.1, 0.15) is 28.7 Å². The molecule has 7 heteroatoms. The summed E-state index contributed by atoms with van der Waals surface area (Å²) in [4.78, 5) is 11.3. The molecule has 0 amide bonds. The van der Waals surface area contributed by atoms with Crippen LogP contribution in [0.2, 0.25) is 0 Å². The number of benzene rings is 2. The van der Waals surface area contributed by atoms with Crippen molar-refractivity contribution in [1.82, 2.24) is 0 Å². The van der Waals surface area contributed by atoms with Crippen LogP contribution in [0.3, 0.4) is 0 Å². The summed E-state index contributed by atoms with van der Waals surface area (Å²) in [5.41, 5.74) is 1.94. The molecule has 2 aromatic carbocycles. The van der Waals surface area contributed by atoms with Crippen molar-refractivity contribution in [3.63, 3.8) is 0 Å². The molecule has 2 aromatic rings. The van der Waals surface area contributed by atoms with E-state index < -0.39 is 12.6 Å². The predicted octanol–water partition coefficient (Wildman–Crippen LogP) is 5.73. The molecule has 0 aliphatic heterocycles. The van der Waals surface area contributed by atoms with E-state index in [-0.39, 0.29) is 23.7 Å². The highest BCUT2D eigenvalue weighted by atomic mass is 79.9. The van der Waals surface area contributed by atoms with E-state index in [4.69, 9.17) is 9.47 Å². The molecule has 4 nitrogen and oxygen atoms in total. The minimum Gasteiger partial charge on any atom is -0.488 e. The molecule has 0 saturated heterocycles. The highest BCUT2D eigenvalue weighted by molar-refractivity contribution is 9.10. The summed E-state index contributed by atoms with van der Waals surface area (Å²) < 4.78 is 42.3. The Balaban J connectivity index is 2.30. The monoisotopic (exact) mass is 414 g/mol. The molecule has 134 valence electrons. The molecule has 25 heavy (non-hydrogen) atoms. The number of aryl methyl sites for hydroxylation is 2. The zero-order valence-electron chi connectivity index (χ0n) is 13.9. The average molecular weight is 415 g/mol. The number of methoxy groups -OCH3 is 1. The summed E-state index contributed by atoms with van der Waals surface area (Å²) in [5, 5.41) is 0. The van der Waals surface area contributed by atoms with Crippen LogP contribution in [0, 0.1) is 13.8 Å². The molecule has 0 N–H and O–H groups in total. The highest BCUT2D eigenvalue weighted by Crippen LogP contribution is 2.34. The van der Waals surface area contributed by atoms with Gasteiger partial charge in [0.05, 0.1) is 12.7 Å². The van der Waals surface area contributed by atoms with Crippen molar-refractivity contribution < 1.29 is 27.8 Å². The van der Waals surface area contributed by atoms with Crippen LogP contribution in [0.4, 0.5) is 13.6 Å². The van der Waals surface area contributed by atoms with Gasteiger partial charge in [-0.2, -0.15) is 0 Å². The summed E-state index contributed by atoms with van der Waals surface area (Å²) >= 11 is 3.35. The molecule has 0 radical (unpaired) electrons. The van der Waals surface area contributed by atoms with Gasteiger partial charge in [-0.15, -0.1) is 0 Å². The van der Waals surface area contributed by atoms with Crippen molar-refractivity contribution in [3.8, 4) is 11.5 Å². The lowest BCUT2D eigenvalue weighted by Gasteiger charge is -2.16. The van der Waals surface area contributed by atoms with E-state index in [0.717, 1.165) is 11.1 Å². The van der Waals surface area contributed by atoms with Gasteiger partial charge in [-0.25, -0.2) is 13.6 Å². The van der Waals surface area contributed by atoms with Gasteiger partial charge in [-0.1, -0.05) is 22.0 Å². The Morgan fingerprint density at radius 2 is 1.84 bits per heavy atom. The molecular weight excluding hydrogens is 398 g/mol. The van der Waals surface area contributed by atoms with Crippen molar-refractivity contribution in [3.05, 3.63) is 57.1 Å². The second-order valence-electron chi connectivity index (χ2n) is 5.34. The number of carbonyl (C=O) groups excluding carboxylic acids is 1. The van der Waals surface area contributed by atoms with Crippen LogP contribution in [0.5, 0.6) is 11.5 Å². The molecule has 0 aliphatic rings. The number of ether oxygens (including phenoxy) is 3. The third kappa shape index (κ3) is 4.69.